The lowest BCUT2D eigenvalue weighted by atomic mass is 9.78. The van der Waals surface area contributed by atoms with Crippen LogP contribution in [0.3, 0.4) is 0 Å². The molecule has 1 aliphatic heterocycles. The second kappa shape index (κ2) is 7.86. The molecule has 1 aromatic carbocycles. The van der Waals surface area contributed by atoms with Crippen LogP contribution in [0.5, 0.6) is 11.5 Å². The van der Waals surface area contributed by atoms with Crippen LogP contribution in [0.15, 0.2) is 12.1 Å². The molecule has 2 atom stereocenters. The summed E-state index contributed by atoms with van der Waals surface area (Å²) in [4.78, 5) is 15.3. The first-order chi connectivity index (χ1) is 12.0. The molecular weight excluding hydrogens is 338 g/mol. The SMILES string of the molecule is COc1cc(C(=O)N2CCCC3CCCCC32)cc(Cl)c1OC(C)C. The van der Waals surface area contributed by atoms with Crippen LogP contribution in [0.25, 0.3) is 0 Å². The Morgan fingerprint density at radius 3 is 2.64 bits per heavy atom. The van der Waals surface area contributed by atoms with Crippen molar-refractivity contribution in [3.63, 3.8) is 0 Å². The molecule has 2 aliphatic rings. The average molecular weight is 366 g/mol. The fraction of sp³-hybridized carbons (Fsp3) is 0.650. The highest BCUT2D eigenvalue weighted by Gasteiger charge is 2.36. The minimum absolute atomic E-state index is 0.0157. The van der Waals surface area contributed by atoms with Gasteiger partial charge in [-0.3, -0.25) is 4.79 Å². The molecule has 3 rings (SSSR count). The van der Waals surface area contributed by atoms with Crippen LogP contribution in [0.2, 0.25) is 5.02 Å². The molecule has 4 nitrogen and oxygen atoms in total. The van der Waals surface area contributed by atoms with Crippen LogP contribution in [0, 0.1) is 5.92 Å². The third-order valence-corrected chi connectivity index (χ3v) is 5.61. The number of halogens is 1. The third kappa shape index (κ3) is 3.89. The highest BCUT2D eigenvalue weighted by atomic mass is 35.5. The number of hydrogen-bond donors (Lipinski definition) is 0. The monoisotopic (exact) mass is 365 g/mol. The van der Waals surface area contributed by atoms with Crippen molar-refractivity contribution in [2.45, 2.75) is 64.5 Å². The normalized spacial score (nSPS) is 23.3. The van der Waals surface area contributed by atoms with Crippen LogP contribution in [-0.2, 0) is 0 Å². The number of amides is 1. The zero-order valence-electron chi connectivity index (χ0n) is 15.4. The molecule has 0 aromatic heterocycles. The van der Waals surface area contributed by atoms with E-state index >= 15 is 0 Å². The maximum atomic E-state index is 13.2. The Kier molecular flexibility index (Phi) is 5.78. The van der Waals surface area contributed by atoms with Crippen molar-refractivity contribution >= 4 is 17.5 Å². The summed E-state index contributed by atoms with van der Waals surface area (Å²) in [6.45, 7) is 4.71. The number of carbonyl (C=O) groups is 1. The van der Waals surface area contributed by atoms with Gasteiger partial charge >= 0.3 is 0 Å². The molecule has 25 heavy (non-hydrogen) atoms. The summed E-state index contributed by atoms with van der Waals surface area (Å²) in [5.41, 5.74) is 0.587. The molecule has 0 bridgehead atoms. The van der Waals surface area contributed by atoms with E-state index in [4.69, 9.17) is 21.1 Å². The Bertz CT molecular complexity index is 630. The summed E-state index contributed by atoms with van der Waals surface area (Å²) in [7, 11) is 1.57. The number of nitrogens with zero attached hydrogens (tertiary/aromatic N) is 1. The van der Waals surface area contributed by atoms with E-state index in [-0.39, 0.29) is 12.0 Å². The maximum Gasteiger partial charge on any atom is 0.254 e. The van der Waals surface area contributed by atoms with Crippen molar-refractivity contribution in [2.24, 2.45) is 5.92 Å². The van der Waals surface area contributed by atoms with Gasteiger partial charge < -0.3 is 14.4 Å². The summed E-state index contributed by atoms with van der Waals surface area (Å²) in [6, 6.07) is 3.86. The van der Waals surface area contributed by atoms with Gasteiger partial charge in [0.1, 0.15) is 0 Å². The minimum atomic E-state index is -0.0157. The Morgan fingerprint density at radius 1 is 1.20 bits per heavy atom. The number of likely N-dealkylation sites (tertiary alicyclic amines) is 1. The van der Waals surface area contributed by atoms with Crippen molar-refractivity contribution in [2.75, 3.05) is 13.7 Å². The fourth-order valence-electron chi connectivity index (χ4n) is 4.24. The number of fused-ring (bicyclic) bond motifs is 1. The molecule has 1 aromatic rings. The molecule has 138 valence electrons. The van der Waals surface area contributed by atoms with E-state index < -0.39 is 0 Å². The van der Waals surface area contributed by atoms with E-state index in [1.54, 1.807) is 19.2 Å². The molecular formula is C20H28ClNO3. The summed E-state index contributed by atoms with van der Waals surface area (Å²) >= 11 is 6.40. The van der Waals surface area contributed by atoms with E-state index in [0.29, 0.717) is 34.0 Å². The smallest absolute Gasteiger partial charge is 0.254 e. The maximum absolute atomic E-state index is 13.2. The van der Waals surface area contributed by atoms with E-state index in [1.807, 2.05) is 13.8 Å². The molecule has 1 amide bonds. The van der Waals surface area contributed by atoms with Gasteiger partial charge in [-0.2, -0.15) is 0 Å². The largest absolute Gasteiger partial charge is 0.493 e. The van der Waals surface area contributed by atoms with Crippen LogP contribution < -0.4 is 9.47 Å². The van der Waals surface area contributed by atoms with Gasteiger partial charge in [-0.25, -0.2) is 0 Å². The summed E-state index contributed by atoms with van der Waals surface area (Å²) in [6.07, 6.45) is 7.21. The highest BCUT2D eigenvalue weighted by molar-refractivity contribution is 6.32. The van der Waals surface area contributed by atoms with Crippen LogP contribution in [-0.4, -0.2) is 36.6 Å². The molecule has 1 saturated carbocycles. The molecule has 1 aliphatic carbocycles. The van der Waals surface area contributed by atoms with Gasteiger partial charge in [-0.15, -0.1) is 0 Å². The molecule has 2 unspecified atom stereocenters. The Hall–Kier alpha value is -1.42. The first-order valence-electron chi connectivity index (χ1n) is 9.36. The predicted octanol–water partition coefficient (Wildman–Crippen LogP) is 4.93. The first kappa shape index (κ1) is 18.4. The van der Waals surface area contributed by atoms with E-state index in [1.165, 1.54) is 25.7 Å². The first-order valence-corrected chi connectivity index (χ1v) is 9.74. The van der Waals surface area contributed by atoms with E-state index in [2.05, 4.69) is 4.90 Å². The fourth-order valence-corrected chi connectivity index (χ4v) is 4.49. The van der Waals surface area contributed by atoms with Gasteiger partial charge in [0.15, 0.2) is 11.5 Å². The van der Waals surface area contributed by atoms with Crippen molar-refractivity contribution < 1.29 is 14.3 Å². The lowest BCUT2D eigenvalue weighted by Crippen LogP contribution is -2.49. The number of benzene rings is 1. The Balaban J connectivity index is 1.87. The van der Waals surface area contributed by atoms with Crippen LogP contribution in [0.4, 0.5) is 0 Å². The molecule has 1 saturated heterocycles. The van der Waals surface area contributed by atoms with Gasteiger partial charge in [0, 0.05) is 18.2 Å². The summed E-state index contributed by atoms with van der Waals surface area (Å²) in [5, 5.41) is 0.425. The van der Waals surface area contributed by atoms with Crippen LogP contribution >= 0.6 is 11.6 Å². The molecule has 0 N–H and O–H groups in total. The lowest BCUT2D eigenvalue weighted by molar-refractivity contribution is 0.0390. The number of ether oxygens (including phenoxy) is 2. The van der Waals surface area contributed by atoms with Crippen molar-refractivity contribution in [3.05, 3.63) is 22.7 Å². The van der Waals surface area contributed by atoms with E-state index in [9.17, 15) is 4.79 Å². The van der Waals surface area contributed by atoms with E-state index in [0.717, 1.165) is 19.4 Å². The zero-order valence-corrected chi connectivity index (χ0v) is 16.1. The van der Waals surface area contributed by atoms with Crippen molar-refractivity contribution in [3.8, 4) is 11.5 Å². The third-order valence-electron chi connectivity index (χ3n) is 5.33. The second-order valence-corrected chi connectivity index (χ2v) is 7.82. The molecule has 5 heteroatoms. The molecule has 0 radical (unpaired) electrons. The predicted molar refractivity (Wildman–Crippen MR) is 99.8 cm³/mol. The number of hydrogen-bond acceptors (Lipinski definition) is 3. The van der Waals surface area contributed by atoms with Gasteiger partial charge in [-0.05, 0) is 57.6 Å². The molecule has 2 fully saturated rings. The van der Waals surface area contributed by atoms with Gasteiger partial charge in [-0.1, -0.05) is 24.4 Å². The van der Waals surface area contributed by atoms with Crippen molar-refractivity contribution in [1.29, 1.82) is 0 Å². The summed E-state index contributed by atoms with van der Waals surface area (Å²) in [5.74, 6) is 1.74. The van der Waals surface area contributed by atoms with Gasteiger partial charge in [0.25, 0.3) is 5.91 Å². The number of piperidine rings is 1. The topological polar surface area (TPSA) is 38.8 Å². The lowest BCUT2D eigenvalue weighted by Gasteiger charge is -2.44. The quantitative estimate of drug-likeness (QED) is 0.759. The average Bonchev–Trinajstić information content (AvgIpc) is 2.61. The summed E-state index contributed by atoms with van der Waals surface area (Å²) < 4.78 is 11.2. The Morgan fingerprint density at radius 2 is 1.92 bits per heavy atom. The van der Waals surface area contributed by atoms with Crippen molar-refractivity contribution in [1.82, 2.24) is 4.90 Å². The van der Waals surface area contributed by atoms with Gasteiger partial charge in [0.2, 0.25) is 0 Å². The zero-order chi connectivity index (χ0) is 18.0. The highest BCUT2D eigenvalue weighted by Crippen LogP contribution is 2.39. The minimum Gasteiger partial charge on any atom is -0.493 e. The van der Waals surface area contributed by atoms with Gasteiger partial charge in [0.05, 0.1) is 18.2 Å². The number of methoxy groups -OCH3 is 1. The standard InChI is InChI=1S/C20H28ClNO3/c1-13(2)25-19-16(21)11-15(12-18(19)24-3)20(23)22-10-6-8-14-7-4-5-9-17(14)22/h11-14,17H,4-10H2,1-3H3. The van der Waals surface area contributed by atoms with Crippen LogP contribution in [0.1, 0.15) is 62.7 Å². The molecule has 0 spiro atoms. The number of rotatable bonds is 4. The molecule has 1 heterocycles. The number of carbonyl (C=O) groups excluding carboxylic acids is 1. The Labute approximate surface area is 155 Å². The second-order valence-electron chi connectivity index (χ2n) is 7.41.